The molecule has 1 atom stereocenters. The molecule has 2 amide bonds. The van der Waals surface area contributed by atoms with Gasteiger partial charge >= 0.3 is 0 Å². The predicted molar refractivity (Wildman–Crippen MR) is 101 cm³/mol. The maximum absolute atomic E-state index is 13.0. The van der Waals surface area contributed by atoms with E-state index in [1.54, 1.807) is 12.1 Å². The third-order valence-electron chi connectivity index (χ3n) is 4.67. The van der Waals surface area contributed by atoms with E-state index in [9.17, 15) is 14.0 Å². The zero-order valence-electron chi connectivity index (χ0n) is 14.9. The third-order valence-corrected chi connectivity index (χ3v) is 4.67. The third kappa shape index (κ3) is 4.28. The van der Waals surface area contributed by atoms with Gasteiger partial charge in [0.2, 0.25) is 11.8 Å². The van der Waals surface area contributed by atoms with Crippen molar-refractivity contribution < 1.29 is 14.0 Å². The first-order chi connectivity index (χ1) is 12.6. The van der Waals surface area contributed by atoms with Gasteiger partial charge in [0.05, 0.1) is 5.92 Å². The molecule has 5 heteroatoms. The molecule has 1 heterocycles. The highest BCUT2D eigenvalue weighted by Gasteiger charge is 2.35. The summed E-state index contributed by atoms with van der Waals surface area (Å²) in [6.07, 6.45) is 3.50. The molecule has 136 valence electrons. The highest BCUT2D eigenvalue weighted by molar-refractivity contribution is 6.03. The predicted octanol–water partition coefficient (Wildman–Crippen LogP) is 4.16. The zero-order valence-corrected chi connectivity index (χ0v) is 14.9. The van der Waals surface area contributed by atoms with Gasteiger partial charge in [-0.25, -0.2) is 4.39 Å². The highest BCUT2D eigenvalue weighted by atomic mass is 19.1. The molecule has 0 aromatic heterocycles. The van der Waals surface area contributed by atoms with Crippen molar-refractivity contribution in [3.05, 3.63) is 59.9 Å². The first kappa shape index (κ1) is 18.1. The van der Waals surface area contributed by atoms with E-state index in [0.717, 1.165) is 24.9 Å². The maximum Gasteiger partial charge on any atom is 0.229 e. The Bertz CT molecular complexity index is 772. The second kappa shape index (κ2) is 8.13. The number of amides is 2. The smallest absolute Gasteiger partial charge is 0.229 e. The Hall–Kier alpha value is -2.69. The molecule has 1 saturated heterocycles. The molecule has 26 heavy (non-hydrogen) atoms. The topological polar surface area (TPSA) is 49.4 Å². The minimum atomic E-state index is -0.410. The molecule has 2 aromatic rings. The van der Waals surface area contributed by atoms with Crippen molar-refractivity contribution in [3.8, 4) is 0 Å². The number of nitrogens with zero attached hydrogens (tertiary/aromatic N) is 1. The summed E-state index contributed by atoms with van der Waals surface area (Å²) in [6.45, 7) is 2.47. The van der Waals surface area contributed by atoms with Gasteiger partial charge in [0.15, 0.2) is 0 Å². The number of carbonyl (C=O) groups is 2. The van der Waals surface area contributed by atoms with Crippen LogP contribution < -0.4 is 10.2 Å². The van der Waals surface area contributed by atoms with Crippen LogP contribution in [0.5, 0.6) is 0 Å². The molecule has 0 unspecified atom stereocenters. The fraction of sp³-hybridized carbons (Fsp3) is 0.333. The molecule has 1 N–H and O–H groups in total. The number of benzene rings is 2. The van der Waals surface area contributed by atoms with Gasteiger partial charge in [-0.3, -0.25) is 9.59 Å². The average molecular weight is 354 g/mol. The standard InChI is InChI=1S/C21H23FN2O2/c1-2-3-4-15-5-9-18(10-6-15)23-21(26)16-13-20(25)24(14-16)19-11-7-17(22)8-12-19/h5-12,16H,2-4,13-14H2,1H3,(H,23,26)/t16-/m1/s1. The minimum absolute atomic E-state index is 0.119. The SMILES string of the molecule is CCCCc1ccc(NC(=O)[C@@H]2CC(=O)N(c3ccc(F)cc3)C2)cc1. The van der Waals surface area contributed by atoms with Crippen molar-refractivity contribution in [2.75, 3.05) is 16.8 Å². The molecule has 2 aromatic carbocycles. The van der Waals surface area contributed by atoms with Crippen molar-refractivity contribution in [1.82, 2.24) is 0 Å². The molecule has 1 aliphatic heterocycles. The molecule has 4 nitrogen and oxygen atoms in total. The van der Waals surface area contributed by atoms with Gasteiger partial charge in [-0.1, -0.05) is 25.5 Å². The van der Waals surface area contributed by atoms with Gasteiger partial charge in [0.1, 0.15) is 5.82 Å². The molecule has 0 spiro atoms. The zero-order chi connectivity index (χ0) is 18.5. The molecule has 0 bridgehead atoms. The van der Waals surface area contributed by atoms with Crippen molar-refractivity contribution in [1.29, 1.82) is 0 Å². The van der Waals surface area contributed by atoms with Crippen LogP contribution >= 0.6 is 0 Å². The lowest BCUT2D eigenvalue weighted by molar-refractivity contribution is -0.122. The number of unbranched alkanes of at least 4 members (excludes halogenated alkanes) is 1. The van der Waals surface area contributed by atoms with Crippen LogP contribution in [0.1, 0.15) is 31.7 Å². The van der Waals surface area contributed by atoms with Crippen molar-refractivity contribution >= 4 is 23.2 Å². The van der Waals surface area contributed by atoms with E-state index in [2.05, 4.69) is 12.2 Å². The van der Waals surface area contributed by atoms with Gasteiger partial charge < -0.3 is 10.2 Å². The lowest BCUT2D eigenvalue weighted by Crippen LogP contribution is -2.28. The molecular weight excluding hydrogens is 331 g/mol. The quantitative estimate of drug-likeness (QED) is 0.847. The van der Waals surface area contributed by atoms with Crippen LogP contribution in [0.15, 0.2) is 48.5 Å². The number of aryl methyl sites for hydroxylation is 1. The second-order valence-corrected chi connectivity index (χ2v) is 6.67. The van der Waals surface area contributed by atoms with Gasteiger partial charge in [0, 0.05) is 24.3 Å². The van der Waals surface area contributed by atoms with Crippen LogP contribution in [0.25, 0.3) is 0 Å². The number of hydrogen-bond acceptors (Lipinski definition) is 2. The largest absolute Gasteiger partial charge is 0.326 e. The first-order valence-corrected chi connectivity index (χ1v) is 9.02. The summed E-state index contributed by atoms with van der Waals surface area (Å²) in [5.41, 5.74) is 2.61. The van der Waals surface area contributed by atoms with Crippen molar-refractivity contribution in [2.24, 2.45) is 5.92 Å². The molecule has 1 aliphatic rings. The van der Waals surface area contributed by atoms with Crippen LogP contribution in [0.3, 0.4) is 0 Å². The molecule has 0 aliphatic carbocycles. The van der Waals surface area contributed by atoms with Gasteiger partial charge in [0.25, 0.3) is 0 Å². The van der Waals surface area contributed by atoms with Crippen LogP contribution in [0.2, 0.25) is 0 Å². The monoisotopic (exact) mass is 354 g/mol. The lowest BCUT2D eigenvalue weighted by atomic mass is 10.1. The van der Waals surface area contributed by atoms with Gasteiger partial charge in [-0.2, -0.15) is 0 Å². The normalized spacial score (nSPS) is 16.8. The van der Waals surface area contributed by atoms with Crippen molar-refractivity contribution in [2.45, 2.75) is 32.6 Å². The lowest BCUT2D eigenvalue weighted by Gasteiger charge is -2.16. The Morgan fingerprint density at radius 2 is 1.85 bits per heavy atom. The van der Waals surface area contributed by atoms with E-state index >= 15 is 0 Å². The Morgan fingerprint density at radius 3 is 2.50 bits per heavy atom. The Balaban J connectivity index is 1.60. The van der Waals surface area contributed by atoms with Crippen LogP contribution in [0, 0.1) is 11.7 Å². The van der Waals surface area contributed by atoms with Crippen LogP contribution in [-0.2, 0) is 16.0 Å². The Kier molecular flexibility index (Phi) is 5.66. The number of anilines is 2. The summed E-state index contributed by atoms with van der Waals surface area (Å²) >= 11 is 0. The van der Waals surface area contributed by atoms with Gasteiger partial charge in [-0.15, -0.1) is 0 Å². The van der Waals surface area contributed by atoms with Crippen LogP contribution in [-0.4, -0.2) is 18.4 Å². The summed E-state index contributed by atoms with van der Waals surface area (Å²) in [4.78, 5) is 26.3. The number of hydrogen-bond donors (Lipinski definition) is 1. The number of halogens is 1. The second-order valence-electron chi connectivity index (χ2n) is 6.67. The summed E-state index contributed by atoms with van der Waals surface area (Å²) in [7, 11) is 0. The fourth-order valence-corrected chi connectivity index (χ4v) is 3.13. The van der Waals surface area contributed by atoms with Crippen molar-refractivity contribution in [3.63, 3.8) is 0 Å². The Labute approximate surface area is 153 Å². The number of rotatable bonds is 6. The Morgan fingerprint density at radius 1 is 1.15 bits per heavy atom. The minimum Gasteiger partial charge on any atom is -0.326 e. The summed E-state index contributed by atoms with van der Waals surface area (Å²) in [5, 5.41) is 2.89. The average Bonchev–Trinajstić information content (AvgIpc) is 3.04. The van der Waals surface area contributed by atoms with Crippen LogP contribution in [0.4, 0.5) is 15.8 Å². The summed E-state index contributed by atoms with van der Waals surface area (Å²) in [5.74, 6) is -1.04. The molecule has 3 rings (SSSR count). The van der Waals surface area contributed by atoms with E-state index in [-0.39, 0.29) is 24.1 Å². The fourth-order valence-electron chi connectivity index (χ4n) is 3.13. The van der Waals surface area contributed by atoms with E-state index in [0.29, 0.717) is 12.2 Å². The van der Waals surface area contributed by atoms with E-state index in [4.69, 9.17) is 0 Å². The molecule has 1 fully saturated rings. The molecule has 0 radical (unpaired) electrons. The first-order valence-electron chi connectivity index (χ1n) is 9.02. The van der Waals surface area contributed by atoms with E-state index < -0.39 is 5.92 Å². The van der Waals surface area contributed by atoms with Gasteiger partial charge in [-0.05, 0) is 54.8 Å². The number of carbonyl (C=O) groups excluding carboxylic acids is 2. The summed E-state index contributed by atoms with van der Waals surface area (Å²) < 4.78 is 13.0. The molecular formula is C21H23FN2O2. The summed E-state index contributed by atoms with van der Waals surface area (Å²) in [6, 6.07) is 13.6. The highest BCUT2D eigenvalue weighted by Crippen LogP contribution is 2.26. The number of nitrogens with one attached hydrogen (secondary N) is 1. The maximum atomic E-state index is 13.0. The van der Waals surface area contributed by atoms with E-state index in [1.165, 1.54) is 22.6 Å². The van der Waals surface area contributed by atoms with E-state index in [1.807, 2.05) is 24.3 Å². The molecule has 0 saturated carbocycles.